The highest BCUT2D eigenvalue weighted by Crippen LogP contribution is 2.40. The van der Waals surface area contributed by atoms with Gasteiger partial charge < -0.3 is 25.7 Å². The number of hydrogen-bond donors (Lipinski definition) is 3. The summed E-state index contributed by atoms with van der Waals surface area (Å²) >= 11 is 2.28. The largest absolute Gasteiger partial charge is 0.477 e. The number of nitrogens with two attached hydrogens (primary N) is 1. The molecule has 2 amide bonds. The van der Waals surface area contributed by atoms with Crippen molar-refractivity contribution in [1.29, 1.82) is 0 Å². The van der Waals surface area contributed by atoms with E-state index in [4.69, 9.17) is 15.3 Å². The van der Waals surface area contributed by atoms with Gasteiger partial charge in [-0.05, 0) is 23.3 Å². The maximum absolute atomic E-state index is 13.1. The smallest absolute Gasteiger partial charge is 0.352 e. The minimum atomic E-state index is -1.28. The van der Waals surface area contributed by atoms with Crippen LogP contribution in [0.1, 0.15) is 11.3 Å². The number of thioether (sulfide) groups is 1. The van der Waals surface area contributed by atoms with Gasteiger partial charge in [-0.2, -0.15) is 0 Å². The van der Waals surface area contributed by atoms with E-state index < -0.39 is 46.7 Å². The number of hydrogen-bond acceptors (Lipinski definition) is 13. The Balaban J connectivity index is 0.00000462. The molecule has 2 aliphatic heterocycles. The second-order valence-corrected chi connectivity index (χ2v) is 10.1. The van der Waals surface area contributed by atoms with Crippen molar-refractivity contribution in [2.75, 3.05) is 18.1 Å². The molecule has 1 unspecified atom stereocenters. The number of nitrogen functional groups attached to an aromatic ring is 1. The zero-order valence-electron chi connectivity index (χ0n) is 20.8. The van der Waals surface area contributed by atoms with Gasteiger partial charge in [0.05, 0.1) is 4.92 Å². The van der Waals surface area contributed by atoms with Gasteiger partial charge in [-0.3, -0.25) is 24.6 Å². The fraction of sp³-hybridized carbons (Fsp3) is 0.217. The summed E-state index contributed by atoms with van der Waals surface area (Å²) in [5.74, 6) is -3.34. The number of allylic oxidation sites excluding steroid dienone is 1. The minimum absolute atomic E-state index is 0. The van der Waals surface area contributed by atoms with Crippen molar-refractivity contribution in [3.05, 3.63) is 74.9 Å². The number of halogens is 1. The third-order valence-corrected chi connectivity index (χ3v) is 7.57. The van der Waals surface area contributed by atoms with E-state index in [0.717, 1.165) is 16.2 Å². The molecule has 2 aliphatic rings. The lowest BCUT2D eigenvalue weighted by Gasteiger charge is -2.49. The first kappa shape index (κ1) is 31.1. The number of fused-ring (bicyclic) bond motifs is 1. The predicted molar refractivity (Wildman–Crippen MR) is 149 cm³/mol. The number of aromatic nitrogens is 1. The first-order valence-electron chi connectivity index (χ1n) is 11.3. The molecular formula is C23H21ClN6O9S2. The number of rotatable bonds is 11. The molecule has 3 heterocycles. The van der Waals surface area contributed by atoms with Crippen molar-refractivity contribution in [2.24, 2.45) is 5.16 Å². The number of anilines is 1. The number of carboxylic acids is 1. The zero-order chi connectivity index (χ0) is 29.0. The molecular weight excluding hydrogens is 604 g/mol. The summed E-state index contributed by atoms with van der Waals surface area (Å²) in [4.78, 5) is 69.9. The van der Waals surface area contributed by atoms with Crippen LogP contribution in [0.4, 0.5) is 10.8 Å². The first-order chi connectivity index (χ1) is 19.1. The van der Waals surface area contributed by atoms with Crippen LogP contribution >= 0.6 is 35.5 Å². The molecule has 4 rings (SSSR count). The van der Waals surface area contributed by atoms with Gasteiger partial charge >= 0.3 is 11.9 Å². The molecule has 0 radical (unpaired) electrons. The normalized spacial score (nSPS) is 17.9. The van der Waals surface area contributed by atoms with Crippen LogP contribution in [-0.2, 0) is 35.4 Å². The lowest BCUT2D eigenvalue weighted by atomic mass is 10.0. The van der Waals surface area contributed by atoms with Crippen LogP contribution in [-0.4, -0.2) is 73.2 Å². The van der Waals surface area contributed by atoms with Crippen molar-refractivity contribution in [3.8, 4) is 0 Å². The molecule has 216 valence electrons. The van der Waals surface area contributed by atoms with Crippen molar-refractivity contribution in [2.45, 2.75) is 18.0 Å². The van der Waals surface area contributed by atoms with Crippen LogP contribution in [0.15, 0.2) is 58.7 Å². The van der Waals surface area contributed by atoms with Crippen LogP contribution in [0.3, 0.4) is 0 Å². The Morgan fingerprint density at radius 2 is 2.05 bits per heavy atom. The number of nitrogens with zero attached hydrogens (tertiary/aromatic N) is 4. The summed E-state index contributed by atoms with van der Waals surface area (Å²) in [5, 5.41) is 27.4. The number of benzene rings is 1. The number of β-lactam (4-membered cyclic amide) rings is 1. The predicted octanol–water partition coefficient (Wildman–Crippen LogP) is 1.44. The molecule has 41 heavy (non-hydrogen) atoms. The van der Waals surface area contributed by atoms with Crippen molar-refractivity contribution in [3.63, 3.8) is 0 Å². The van der Waals surface area contributed by atoms with Crippen LogP contribution < -0.4 is 11.1 Å². The molecule has 2 atom stereocenters. The number of oxime groups is 1. The monoisotopic (exact) mass is 624 g/mol. The summed E-state index contributed by atoms with van der Waals surface area (Å²) in [6.45, 7) is 2.72. The number of esters is 1. The van der Waals surface area contributed by atoms with Crippen molar-refractivity contribution >= 4 is 75.8 Å². The molecule has 1 saturated heterocycles. The number of aliphatic carboxylic acids is 1. The number of ether oxygens (including phenoxy) is 1. The number of non-ortho nitro benzene ring substituents is 1. The van der Waals surface area contributed by atoms with E-state index in [0.29, 0.717) is 11.1 Å². The number of nitro groups is 1. The third kappa shape index (κ3) is 6.82. The number of nitro benzene ring substituents is 1. The van der Waals surface area contributed by atoms with Gasteiger partial charge in [0.15, 0.2) is 10.8 Å². The molecule has 1 aromatic carbocycles. The second-order valence-electron chi connectivity index (χ2n) is 8.11. The fourth-order valence-electron chi connectivity index (χ4n) is 3.68. The summed E-state index contributed by atoms with van der Waals surface area (Å²) in [7, 11) is 0. The topological polar surface area (TPSA) is 217 Å². The second kappa shape index (κ2) is 13.2. The summed E-state index contributed by atoms with van der Waals surface area (Å²) in [6, 6.07) is 4.35. The van der Waals surface area contributed by atoms with E-state index in [9.17, 15) is 34.4 Å². The van der Waals surface area contributed by atoms with Gasteiger partial charge in [0.1, 0.15) is 29.4 Å². The molecule has 18 heteroatoms. The van der Waals surface area contributed by atoms with E-state index >= 15 is 0 Å². The zero-order valence-corrected chi connectivity index (χ0v) is 23.2. The van der Waals surface area contributed by atoms with Crippen LogP contribution in [0, 0.1) is 10.1 Å². The molecule has 0 aliphatic carbocycles. The Kier molecular flexibility index (Phi) is 10.0. The molecule has 4 N–H and O–H groups in total. The van der Waals surface area contributed by atoms with Gasteiger partial charge in [-0.15, -0.1) is 35.5 Å². The lowest BCUT2D eigenvalue weighted by Crippen LogP contribution is -2.71. The summed E-state index contributed by atoms with van der Waals surface area (Å²) in [6.07, 6.45) is 1.37. The van der Waals surface area contributed by atoms with E-state index in [2.05, 4.69) is 22.0 Å². The minimum Gasteiger partial charge on any atom is -0.477 e. The molecule has 15 nitrogen and oxygen atoms in total. The molecule has 1 aromatic heterocycles. The van der Waals surface area contributed by atoms with E-state index in [-0.39, 0.29) is 52.7 Å². The maximum atomic E-state index is 13.1. The van der Waals surface area contributed by atoms with Crippen molar-refractivity contribution in [1.82, 2.24) is 15.2 Å². The SMILES string of the molecule is C=CC1=C(C(=O)O)N2C(=O)C(NC(=O)/C(=N/OCC(=O)OCc3ccc([N+](=O)[O-])cc3)c3csc(N)n3)[C@H]2SC1.Cl. The van der Waals surface area contributed by atoms with E-state index in [1.54, 1.807) is 0 Å². The Labute approximate surface area is 245 Å². The van der Waals surface area contributed by atoms with Crippen LogP contribution in [0.2, 0.25) is 0 Å². The number of carbonyl (C=O) groups excluding carboxylic acids is 3. The Morgan fingerprint density at radius 1 is 1.34 bits per heavy atom. The highest BCUT2D eigenvalue weighted by molar-refractivity contribution is 8.00. The van der Waals surface area contributed by atoms with Crippen LogP contribution in [0.5, 0.6) is 0 Å². The summed E-state index contributed by atoms with van der Waals surface area (Å²) < 4.78 is 5.04. The first-order valence-corrected chi connectivity index (χ1v) is 13.2. The number of nitrogens with one attached hydrogen (secondary N) is 1. The van der Waals surface area contributed by atoms with Gasteiger partial charge in [0.2, 0.25) is 6.61 Å². The number of thiazole rings is 1. The Bertz CT molecular complexity index is 1460. The molecule has 2 aromatic rings. The maximum Gasteiger partial charge on any atom is 0.352 e. The van der Waals surface area contributed by atoms with Crippen LogP contribution in [0.25, 0.3) is 0 Å². The number of carbonyl (C=O) groups is 4. The van der Waals surface area contributed by atoms with E-state index in [1.165, 1.54) is 47.5 Å². The highest BCUT2D eigenvalue weighted by atomic mass is 35.5. The number of amides is 2. The standard InChI is InChI=1S/C23H20N6O9S2.ClH/c1-2-12-9-39-21-17(20(32)28(21)18(12)22(33)34)26-19(31)16(14-10-40-23(24)25-14)27-38-8-15(30)37-7-11-3-5-13(6-4-11)29(35)36;/h2-6,10,17,21H,1,7-9H2,(H2,24,25)(H,26,31)(H,33,34);1H/b27-16+;/t17?,21-;/m1./s1. The fourth-order valence-corrected chi connectivity index (χ4v) is 5.57. The number of carboxylic acid groups (broad SMARTS) is 1. The summed E-state index contributed by atoms with van der Waals surface area (Å²) in [5.41, 5.74) is 5.91. The lowest BCUT2D eigenvalue weighted by molar-refractivity contribution is -0.384. The van der Waals surface area contributed by atoms with Crippen molar-refractivity contribution < 1.29 is 38.8 Å². The molecule has 0 saturated carbocycles. The Morgan fingerprint density at radius 3 is 2.63 bits per heavy atom. The average Bonchev–Trinajstić information content (AvgIpc) is 3.37. The molecule has 1 fully saturated rings. The van der Waals surface area contributed by atoms with Gasteiger partial charge in [-0.1, -0.05) is 17.8 Å². The average molecular weight is 625 g/mol. The van der Waals surface area contributed by atoms with Gasteiger partial charge in [0.25, 0.3) is 17.5 Å². The third-order valence-electron chi connectivity index (χ3n) is 5.60. The highest BCUT2D eigenvalue weighted by Gasteiger charge is 2.54. The van der Waals surface area contributed by atoms with Gasteiger partial charge in [0, 0.05) is 23.3 Å². The van der Waals surface area contributed by atoms with Gasteiger partial charge in [-0.25, -0.2) is 14.6 Å². The van der Waals surface area contributed by atoms with E-state index in [1.807, 2.05) is 0 Å². The quantitative estimate of drug-likeness (QED) is 0.106. The molecule has 0 spiro atoms. The molecule has 0 bridgehead atoms. The Hall–Kier alpha value is -4.48.